The number of amides is 1. The molecule has 0 radical (unpaired) electrons. The summed E-state index contributed by atoms with van der Waals surface area (Å²) >= 11 is 0. The first-order valence-corrected chi connectivity index (χ1v) is 8.37. The number of hydrogen-bond donors (Lipinski definition) is 0. The third-order valence-electron chi connectivity index (χ3n) is 4.12. The van der Waals surface area contributed by atoms with Gasteiger partial charge in [0.2, 0.25) is 0 Å². The van der Waals surface area contributed by atoms with Crippen LogP contribution in [0.4, 0.5) is 0 Å². The largest absolute Gasteiger partial charge is 0.384 e. The Kier molecular flexibility index (Phi) is 6.08. The molecule has 0 spiro atoms. The average molecular weight is 346 g/mol. The van der Waals surface area contributed by atoms with Crippen molar-refractivity contribution in [2.75, 3.05) is 26.8 Å². The summed E-state index contributed by atoms with van der Waals surface area (Å²) in [6, 6.07) is 3.56. The van der Waals surface area contributed by atoms with E-state index in [2.05, 4.69) is 15.1 Å². The number of pyridine rings is 1. The van der Waals surface area contributed by atoms with E-state index in [-0.39, 0.29) is 12.0 Å². The summed E-state index contributed by atoms with van der Waals surface area (Å²) in [4.78, 5) is 22.5. The Balaban J connectivity index is 1.42. The van der Waals surface area contributed by atoms with Crippen molar-refractivity contribution in [1.29, 1.82) is 0 Å². The minimum atomic E-state index is 0.0197. The van der Waals surface area contributed by atoms with Crippen LogP contribution in [-0.4, -0.2) is 58.8 Å². The maximum Gasteiger partial charge on any atom is 0.255 e. The van der Waals surface area contributed by atoms with Gasteiger partial charge < -0.3 is 18.9 Å². The predicted molar refractivity (Wildman–Crippen MR) is 87.8 cm³/mol. The second-order valence-corrected chi connectivity index (χ2v) is 5.89. The first-order chi connectivity index (χ1) is 12.3. The zero-order valence-electron chi connectivity index (χ0n) is 14.3. The zero-order chi connectivity index (χ0) is 17.5. The van der Waals surface area contributed by atoms with Crippen molar-refractivity contribution in [3.8, 4) is 0 Å². The number of hydrogen-bond acceptors (Lipinski definition) is 7. The SMILES string of the molecule is COCCc1noc(COC2CCN(C(=O)c3cccnc3)CC2)n1. The van der Waals surface area contributed by atoms with Gasteiger partial charge in [-0.15, -0.1) is 0 Å². The number of likely N-dealkylation sites (tertiary alicyclic amines) is 1. The Bertz CT molecular complexity index is 668. The van der Waals surface area contributed by atoms with E-state index in [0.717, 1.165) is 12.8 Å². The Hall–Kier alpha value is -2.32. The molecule has 0 bridgehead atoms. The van der Waals surface area contributed by atoms with E-state index in [1.807, 2.05) is 4.90 Å². The summed E-state index contributed by atoms with van der Waals surface area (Å²) in [5, 5.41) is 3.88. The molecule has 0 N–H and O–H groups in total. The van der Waals surface area contributed by atoms with E-state index in [1.54, 1.807) is 31.6 Å². The summed E-state index contributed by atoms with van der Waals surface area (Å²) in [6.07, 6.45) is 5.55. The van der Waals surface area contributed by atoms with E-state index in [1.165, 1.54) is 0 Å². The molecule has 1 aliphatic heterocycles. The van der Waals surface area contributed by atoms with Crippen LogP contribution in [0.3, 0.4) is 0 Å². The van der Waals surface area contributed by atoms with Crippen molar-refractivity contribution in [3.63, 3.8) is 0 Å². The van der Waals surface area contributed by atoms with Crippen LogP contribution in [0.15, 0.2) is 29.0 Å². The average Bonchev–Trinajstić information content (AvgIpc) is 3.13. The highest BCUT2D eigenvalue weighted by atomic mass is 16.5. The molecular weight excluding hydrogens is 324 g/mol. The molecule has 1 amide bonds. The molecule has 25 heavy (non-hydrogen) atoms. The number of methoxy groups -OCH3 is 1. The molecule has 8 nitrogen and oxygen atoms in total. The number of piperidine rings is 1. The minimum absolute atomic E-state index is 0.0197. The molecule has 8 heteroatoms. The molecule has 3 rings (SSSR count). The fraction of sp³-hybridized carbons (Fsp3) is 0.529. The maximum absolute atomic E-state index is 12.4. The lowest BCUT2D eigenvalue weighted by Gasteiger charge is -2.31. The van der Waals surface area contributed by atoms with Crippen molar-refractivity contribution in [2.45, 2.75) is 32.0 Å². The van der Waals surface area contributed by atoms with Gasteiger partial charge in [0, 0.05) is 39.0 Å². The van der Waals surface area contributed by atoms with Crippen LogP contribution in [0.5, 0.6) is 0 Å². The van der Waals surface area contributed by atoms with Crippen molar-refractivity contribution < 1.29 is 18.8 Å². The van der Waals surface area contributed by atoms with Crippen molar-refractivity contribution in [2.24, 2.45) is 0 Å². The molecule has 134 valence electrons. The van der Waals surface area contributed by atoms with Crippen molar-refractivity contribution in [3.05, 3.63) is 41.8 Å². The summed E-state index contributed by atoms with van der Waals surface area (Å²) in [5.41, 5.74) is 0.622. The van der Waals surface area contributed by atoms with Gasteiger partial charge in [-0.05, 0) is 25.0 Å². The Morgan fingerprint density at radius 2 is 2.24 bits per heavy atom. The highest BCUT2D eigenvalue weighted by molar-refractivity contribution is 5.93. The molecule has 0 aliphatic carbocycles. The topological polar surface area (TPSA) is 90.6 Å². The quantitative estimate of drug-likeness (QED) is 0.750. The van der Waals surface area contributed by atoms with Crippen LogP contribution in [0.2, 0.25) is 0 Å². The molecule has 0 atom stereocenters. The first kappa shape index (κ1) is 17.5. The second kappa shape index (κ2) is 8.68. The summed E-state index contributed by atoms with van der Waals surface area (Å²) < 4.78 is 16.0. The number of aromatic nitrogens is 3. The van der Waals surface area contributed by atoms with Gasteiger partial charge in [0.05, 0.1) is 18.3 Å². The molecule has 2 aromatic heterocycles. The molecule has 3 heterocycles. The predicted octanol–water partition coefficient (Wildman–Crippen LogP) is 1.47. The van der Waals surface area contributed by atoms with Gasteiger partial charge in [0.25, 0.3) is 11.8 Å². The highest BCUT2D eigenvalue weighted by Gasteiger charge is 2.24. The van der Waals surface area contributed by atoms with Gasteiger partial charge >= 0.3 is 0 Å². The lowest BCUT2D eigenvalue weighted by atomic mass is 10.1. The van der Waals surface area contributed by atoms with E-state index in [9.17, 15) is 4.79 Å². The van der Waals surface area contributed by atoms with Crippen LogP contribution in [-0.2, 0) is 22.5 Å². The third kappa shape index (κ3) is 4.83. The number of carbonyl (C=O) groups is 1. The lowest BCUT2D eigenvalue weighted by Crippen LogP contribution is -2.40. The highest BCUT2D eigenvalue weighted by Crippen LogP contribution is 2.17. The van der Waals surface area contributed by atoms with Crippen LogP contribution >= 0.6 is 0 Å². The van der Waals surface area contributed by atoms with E-state index < -0.39 is 0 Å². The fourth-order valence-corrected chi connectivity index (χ4v) is 2.73. The zero-order valence-corrected chi connectivity index (χ0v) is 14.3. The molecule has 0 unspecified atom stereocenters. The number of ether oxygens (including phenoxy) is 2. The smallest absolute Gasteiger partial charge is 0.255 e. The Morgan fingerprint density at radius 3 is 2.96 bits per heavy atom. The molecule has 0 saturated carbocycles. The van der Waals surface area contributed by atoms with E-state index in [4.69, 9.17) is 14.0 Å². The van der Waals surface area contributed by atoms with Gasteiger partial charge in [0.15, 0.2) is 5.82 Å². The molecule has 1 saturated heterocycles. The van der Waals surface area contributed by atoms with Crippen LogP contribution < -0.4 is 0 Å². The number of nitrogens with zero attached hydrogens (tertiary/aromatic N) is 4. The standard InChI is InChI=1S/C17H22N4O4/c1-23-10-6-15-19-16(25-20-15)12-24-14-4-8-21(9-5-14)17(22)13-3-2-7-18-11-13/h2-3,7,11,14H,4-6,8-10,12H2,1H3. The summed E-state index contributed by atoms with van der Waals surface area (Å²) in [6.45, 7) is 2.19. The first-order valence-electron chi connectivity index (χ1n) is 8.37. The van der Waals surface area contributed by atoms with E-state index in [0.29, 0.717) is 50.0 Å². The van der Waals surface area contributed by atoms with Crippen LogP contribution in [0.1, 0.15) is 34.9 Å². The lowest BCUT2D eigenvalue weighted by molar-refractivity contribution is -0.00978. The second-order valence-electron chi connectivity index (χ2n) is 5.89. The van der Waals surface area contributed by atoms with Crippen molar-refractivity contribution in [1.82, 2.24) is 20.0 Å². The monoisotopic (exact) mass is 346 g/mol. The fourth-order valence-electron chi connectivity index (χ4n) is 2.73. The Labute approximate surface area is 146 Å². The van der Waals surface area contributed by atoms with Gasteiger partial charge in [-0.25, -0.2) is 0 Å². The summed E-state index contributed by atoms with van der Waals surface area (Å²) in [7, 11) is 1.63. The van der Waals surface area contributed by atoms with Gasteiger partial charge in [-0.2, -0.15) is 4.98 Å². The van der Waals surface area contributed by atoms with Crippen LogP contribution in [0.25, 0.3) is 0 Å². The molecular formula is C17H22N4O4. The van der Waals surface area contributed by atoms with Crippen LogP contribution in [0, 0.1) is 0 Å². The normalized spacial score (nSPS) is 15.5. The van der Waals surface area contributed by atoms with Gasteiger partial charge in [-0.1, -0.05) is 5.16 Å². The molecule has 0 aromatic carbocycles. The molecule has 2 aromatic rings. The minimum Gasteiger partial charge on any atom is -0.384 e. The van der Waals surface area contributed by atoms with Gasteiger partial charge in [-0.3, -0.25) is 9.78 Å². The maximum atomic E-state index is 12.4. The number of rotatable bonds is 7. The Morgan fingerprint density at radius 1 is 1.40 bits per heavy atom. The molecule has 1 aliphatic rings. The summed E-state index contributed by atoms with van der Waals surface area (Å²) in [5.74, 6) is 1.11. The van der Waals surface area contributed by atoms with Gasteiger partial charge in [0.1, 0.15) is 6.61 Å². The molecule has 1 fully saturated rings. The van der Waals surface area contributed by atoms with E-state index >= 15 is 0 Å². The number of carbonyl (C=O) groups excluding carboxylic acids is 1. The van der Waals surface area contributed by atoms with Crippen molar-refractivity contribution >= 4 is 5.91 Å². The third-order valence-corrected chi connectivity index (χ3v) is 4.12.